The summed E-state index contributed by atoms with van der Waals surface area (Å²) in [5.41, 5.74) is 1.11. The van der Waals surface area contributed by atoms with Crippen molar-refractivity contribution < 1.29 is 14.3 Å². The highest BCUT2D eigenvalue weighted by Gasteiger charge is 2.39. The maximum Gasteiger partial charge on any atom is 0.257 e. The van der Waals surface area contributed by atoms with Crippen molar-refractivity contribution in [2.24, 2.45) is 0 Å². The SMILES string of the molecule is Cc1ncncc1C(=O)N1CC[C@](O)(CN(C)Cc2ccc(F)cc2)C1. The molecule has 0 radical (unpaired) electrons. The predicted octanol–water partition coefficient (Wildman–Crippen LogP) is 1.63. The Hall–Kier alpha value is -2.38. The van der Waals surface area contributed by atoms with Crippen molar-refractivity contribution >= 4 is 5.91 Å². The standard InChI is InChI=1S/C19H23FN4O2/c1-14-17(9-21-13-22-14)18(25)24-8-7-19(26,12-24)11-23(2)10-15-3-5-16(20)6-4-15/h3-6,9,13,26H,7-8,10-12H2,1-2H3/t19-/m0/s1. The molecule has 1 fully saturated rings. The minimum atomic E-state index is -0.964. The van der Waals surface area contributed by atoms with Gasteiger partial charge < -0.3 is 10.0 Å². The van der Waals surface area contributed by atoms with Crippen molar-refractivity contribution in [2.75, 3.05) is 26.7 Å². The summed E-state index contributed by atoms with van der Waals surface area (Å²) in [5, 5.41) is 10.9. The Morgan fingerprint density at radius 3 is 2.81 bits per heavy atom. The van der Waals surface area contributed by atoms with E-state index in [0.29, 0.717) is 37.3 Å². The summed E-state index contributed by atoms with van der Waals surface area (Å²) >= 11 is 0. The molecule has 1 aliphatic heterocycles. The highest BCUT2D eigenvalue weighted by Crippen LogP contribution is 2.24. The first-order valence-electron chi connectivity index (χ1n) is 8.57. The van der Waals surface area contributed by atoms with E-state index in [1.807, 2.05) is 11.9 Å². The van der Waals surface area contributed by atoms with E-state index in [0.717, 1.165) is 5.56 Å². The van der Waals surface area contributed by atoms with Gasteiger partial charge in [0.25, 0.3) is 5.91 Å². The van der Waals surface area contributed by atoms with Crippen LogP contribution in [0.2, 0.25) is 0 Å². The van der Waals surface area contributed by atoms with Gasteiger partial charge in [-0.3, -0.25) is 9.69 Å². The number of carbonyl (C=O) groups is 1. The first-order chi connectivity index (χ1) is 12.4. The minimum Gasteiger partial charge on any atom is -0.387 e. The molecule has 0 bridgehead atoms. The van der Waals surface area contributed by atoms with E-state index in [9.17, 15) is 14.3 Å². The molecule has 2 heterocycles. The Morgan fingerprint density at radius 1 is 1.38 bits per heavy atom. The molecule has 1 aromatic heterocycles. The van der Waals surface area contributed by atoms with E-state index in [2.05, 4.69) is 9.97 Å². The lowest BCUT2D eigenvalue weighted by atomic mass is 10.0. The molecule has 1 saturated heterocycles. The van der Waals surface area contributed by atoms with Gasteiger partial charge in [0, 0.05) is 25.8 Å². The topological polar surface area (TPSA) is 69.6 Å². The van der Waals surface area contributed by atoms with Gasteiger partial charge in [-0.05, 0) is 38.1 Å². The number of hydrogen-bond acceptors (Lipinski definition) is 5. The lowest BCUT2D eigenvalue weighted by Gasteiger charge is -2.29. The number of hydrogen-bond donors (Lipinski definition) is 1. The van der Waals surface area contributed by atoms with E-state index in [1.165, 1.54) is 24.7 Å². The van der Waals surface area contributed by atoms with Crippen LogP contribution in [0.5, 0.6) is 0 Å². The molecule has 7 heteroatoms. The van der Waals surface area contributed by atoms with Crippen LogP contribution in [0.15, 0.2) is 36.8 Å². The number of amides is 1. The van der Waals surface area contributed by atoms with Gasteiger partial charge in [-0.15, -0.1) is 0 Å². The van der Waals surface area contributed by atoms with Crippen LogP contribution in [0.25, 0.3) is 0 Å². The molecule has 0 saturated carbocycles. The third-order valence-corrected chi connectivity index (χ3v) is 4.69. The maximum atomic E-state index is 13.0. The second kappa shape index (κ2) is 7.47. The largest absolute Gasteiger partial charge is 0.387 e. The number of aryl methyl sites for hydroxylation is 1. The predicted molar refractivity (Wildman–Crippen MR) is 95.0 cm³/mol. The van der Waals surface area contributed by atoms with Crippen LogP contribution in [-0.2, 0) is 6.54 Å². The molecule has 0 unspecified atom stereocenters. The number of benzene rings is 1. The lowest BCUT2D eigenvalue weighted by Crippen LogP contribution is -2.44. The zero-order chi connectivity index (χ0) is 18.7. The number of likely N-dealkylation sites (tertiary alicyclic amines) is 1. The lowest BCUT2D eigenvalue weighted by molar-refractivity contribution is 0.0163. The molecular formula is C19H23FN4O2. The van der Waals surface area contributed by atoms with Crippen molar-refractivity contribution in [1.29, 1.82) is 0 Å². The average Bonchev–Trinajstić information content (AvgIpc) is 2.98. The zero-order valence-electron chi connectivity index (χ0n) is 15.0. The zero-order valence-corrected chi connectivity index (χ0v) is 15.0. The first-order valence-corrected chi connectivity index (χ1v) is 8.57. The highest BCUT2D eigenvalue weighted by atomic mass is 19.1. The van der Waals surface area contributed by atoms with Gasteiger partial charge >= 0.3 is 0 Å². The van der Waals surface area contributed by atoms with Crippen LogP contribution in [0.1, 0.15) is 28.0 Å². The molecule has 26 heavy (non-hydrogen) atoms. The molecule has 3 rings (SSSR count). The third kappa shape index (κ3) is 4.23. The maximum absolute atomic E-state index is 13.0. The Morgan fingerprint density at radius 2 is 2.12 bits per heavy atom. The summed E-state index contributed by atoms with van der Waals surface area (Å²) in [6, 6.07) is 6.33. The van der Waals surface area contributed by atoms with Gasteiger partial charge in [-0.2, -0.15) is 0 Å². The monoisotopic (exact) mass is 358 g/mol. The number of β-amino-alcohol motifs (C(OH)–C–C–N with tert-alkyl or cyclic N) is 1. The fraction of sp³-hybridized carbons (Fsp3) is 0.421. The van der Waals surface area contributed by atoms with E-state index < -0.39 is 5.60 Å². The quantitative estimate of drug-likeness (QED) is 0.880. The molecule has 2 aromatic rings. The molecule has 1 N–H and O–H groups in total. The fourth-order valence-corrected chi connectivity index (χ4v) is 3.39. The molecule has 138 valence electrons. The van der Waals surface area contributed by atoms with E-state index in [1.54, 1.807) is 24.0 Å². The van der Waals surface area contributed by atoms with E-state index in [4.69, 9.17) is 0 Å². The van der Waals surface area contributed by atoms with Crippen molar-refractivity contribution in [2.45, 2.75) is 25.5 Å². The summed E-state index contributed by atoms with van der Waals surface area (Å²) < 4.78 is 13.0. The second-order valence-corrected chi connectivity index (χ2v) is 7.02. The van der Waals surface area contributed by atoms with Crippen LogP contribution >= 0.6 is 0 Å². The van der Waals surface area contributed by atoms with Crippen molar-refractivity contribution in [3.8, 4) is 0 Å². The summed E-state index contributed by atoms with van der Waals surface area (Å²) in [5.74, 6) is -0.416. The number of likely N-dealkylation sites (N-methyl/N-ethyl adjacent to an activating group) is 1. The number of aromatic nitrogens is 2. The minimum absolute atomic E-state index is 0.153. The van der Waals surface area contributed by atoms with Crippen LogP contribution < -0.4 is 0 Å². The highest BCUT2D eigenvalue weighted by molar-refractivity contribution is 5.95. The van der Waals surface area contributed by atoms with Crippen LogP contribution in [0.4, 0.5) is 4.39 Å². The van der Waals surface area contributed by atoms with Crippen molar-refractivity contribution in [3.63, 3.8) is 0 Å². The summed E-state index contributed by atoms with van der Waals surface area (Å²) in [7, 11) is 1.90. The Balaban J connectivity index is 1.60. The molecule has 0 spiro atoms. The molecule has 1 atom stereocenters. The van der Waals surface area contributed by atoms with Gasteiger partial charge in [0.2, 0.25) is 0 Å². The summed E-state index contributed by atoms with van der Waals surface area (Å²) in [4.78, 5) is 24.3. The third-order valence-electron chi connectivity index (χ3n) is 4.69. The van der Waals surface area contributed by atoms with Crippen LogP contribution in [0.3, 0.4) is 0 Å². The summed E-state index contributed by atoms with van der Waals surface area (Å²) in [6.45, 7) is 3.57. The first kappa shape index (κ1) is 18.4. The molecule has 1 aliphatic rings. The number of halogens is 1. The van der Waals surface area contributed by atoms with Crippen molar-refractivity contribution in [1.82, 2.24) is 19.8 Å². The fourth-order valence-electron chi connectivity index (χ4n) is 3.39. The Bertz CT molecular complexity index is 783. The van der Waals surface area contributed by atoms with E-state index >= 15 is 0 Å². The Labute approximate surface area is 152 Å². The number of rotatable bonds is 5. The molecule has 1 amide bonds. The number of carbonyl (C=O) groups excluding carboxylic acids is 1. The number of nitrogens with zero attached hydrogens (tertiary/aromatic N) is 4. The molecule has 6 nitrogen and oxygen atoms in total. The molecular weight excluding hydrogens is 335 g/mol. The van der Waals surface area contributed by atoms with Crippen LogP contribution in [0, 0.1) is 12.7 Å². The number of aliphatic hydroxyl groups is 1. The van der Waals surface area contributed by atoms with Gasteiger partial charge in [0.15, 0.2) is 0 Å². The Kier molecular flexibility index (Phi) is 5.29. The van der Waals surface area contributed by atoms with E-state index in [-0.39, 0.29) is 18.3 Å². The second-order valence-electron chi connectivity index (χ2n) is 7.02. The van der Waals surface area contributed by atoms with Crippen molar-refractivity contribution in [3.05, 3.63) is 59.4 Å². The normalized spacial score (nSPS) is 20.0. The summed E-state index contributed by atoms with van der Waals surface area (Å²) in [6.07, 6.45) is 3.44. The molecule has 0 aliphatic carbocycles. The van der Waals surface area contributed by atoms with Gasteiger partial charge in [-0.25, -0.2) is 14.4 Å². The van der Waals surface area contributed by atoms with Gasteiger partial charge in [0.05, 0.1) is 23.4 Å². The molecule has 1 aromatic carbocycles. The van der Waals surface area contributed by atoms with Gasteiger partial charge in [0.1, 0.15) is 12.1 Å². The average molecular weight is 358 g/mol. The van der Waals surface area contributed by atoms with Crippen LogP contribution in [-0.4, -0.2) is 63.1 Å². The smallest absolute Gasteiger partial charge is 0.257 e. The van der Waals surface area contributed by atoms with Gasteiger partial charge in [-0.1, -0.05) is 12.1 Å².